The van der Waals surface area contributed by atoms with Crippen LogP contribution in [-0.2, 0) is 6.54 Å². The maximum Gasteiger partial charge on any atom is 0.143 e. The molecular formula is C21H22Cl3FN4O. The highest BCUT2D eigenvalue weighted by Crippen LogP contribution is 2.31. The predicted molar refractivity (Wildman–Crippen MR) is 120 cm³/mol. The minimum atomic E-state index is -0.636. The Morgan fingerprint density at radius 2 is 1.97 bits per heavy atom. The first-order chi connectivity index (χ1) is 13.7. The minimum Gasteiger partial charge on any atom is -0.484 e. The van der Waals surface area contributed by atoms with Crippen molar-refractivity contribution in [2.75, 3.05) is 13.1 Å². The Hall–Kier alpha value is -2.30. The van der Waals surface area contributed by atoms with Gasteiger partial charge < -0.3 is 14.6 Å². The summed E-state index contributed by atoms with van der Waals surface area (Å²) in [4.78, 5) is 4.02. The van der Waals surface area contributed by atoms with E-state index in [1.807, 2.05) is 47.2 Å². The van der Waals surface area contributed by atoms with E-state index in [1.54, 1.807) is 12.5 Å². The molecule has 0 radical (unpaired) electrons. The zero-order valence-corrected chi connectivity index (χ0v) is 18.4. The second-order valence-corrected chi connectivity index (χ2v) is 6.64. The third kappa shape index (κ3) is 7.19. The van der Waals surface area contributed by atoms with Gasteiger partial charge in [-0.2, -0.15) is 5.26 Å². The van der Waals surface area contributed by atoms with Crippen LogP contribution in [0.5, 0.6) is 5.75 Å². The van der Waals surface area contributed by atoms with E-state index in [4.69, 9.17) is 16.3 Å². The fraction of sp³-hybridized carbons (Fsp3) is 0.238. The molecule has 5 nitrogen and oxygen atoms in total. The first-order valence-corrected chi connectivity index (χ1v) is 9.32. The quantitative estimate of drug-likeness (QED) is 0.436. The number of nitrogens with one attached hydrogen (secondary N) is 1. The molecule has 0 fully saturated rings. The summed E-state index contributed by atoms with van der Waals surface area (Å²) < 4.78 is 21.7. The number of rotatable bonds is 9. The number of aromatic nitrogens is 2. The van der Waals surface area contributed by atoms with Gasteiger partial charge in [0.15, 0.2) is 0 Å². The van der Waals surface area contributed by atoms with Gasteiger partial charge in [-0.3, -0.25) is 0 Å². The smallest absolute Gasteiger partial charge is 0.143 e. The van der Waals surface area contributed by atoms with Gasteiger partial charge in [-0.05, 0) is 18.2 Å². The summed E-state index contributed by atoms with van der Waals surface area (Å²) in [6, 6.07) is 14.1. The number of nitrogens with zero attached hydrogens (tertiary/aromatic N) is 3. The van der Waals surface area contributed by atoms with Crippen molar-refractivity contribution < 1.29 is 9.13 Å². The Bertz CT molecular complexity index is 933. The monoisotopic (exact) mass is 470 g/mol. The number of benzene rings is 2. The first-order valence-electron chi connectivity index (χ1n) is 8.94. The molecule has 0 aliphatic carbocycles. The zero-order valence-electron chi connectivity index (χ0n) is 16.0. The second kappa shape index (κ2) is 13.1. The molecule has 160 valence electrons. The standard InChI is InChI=1S/C21H20ClFN4O.2ClH/c22-18-13-21(17(14-24)12-19(18)23)28-20(16-4-2-1-3-5-16)6-7-25-8-10-27-11-9-26-15-27;;/h1-5,9,11-13,15,20,25H,6-8,10H2;2*1H/t20-;;/m1../s1. The van der Waals surface area contributed by atoms with Crippen LogP contribution in [0.15, 0.2) is 61.2 Å². The summed E-state index contributed by atoms with van der Waals surface area (Å²) in [5, 5.41) is 12.6. The second-order valence-electron chi connectivity index (χ2n) is 6.23. The molecule has 9 heteroatoms. The Morgan fingerprint density at radius 3 is 2.63 bits per heavy atom. The van der Waals surface area contributed by atoms with Crippen molar-refractivity contribution in [2.45, 2.75) is 19.1 Å². The lowest BCUT2D eigenvalue weighted by Gasteiger charge is -2.21. The van der Waals surface area contributed by atoms with Gasteiger partial charge in [-0.1, -0.05) is 41.9 Å². The molecule has 0 spiro atoms. The molecule has 0 saturated heterocycles. The van der Waals surface area contributed by atoms with Gasteiger partial charge in [0.1, 0.15) is 23.7 Å². The number of ether oxygens (including phenoxy) is 1. The number of halogens is 4. The largest absolute Gasteiger partial charge is 0.484 e. The maximum atomic E-state index is 13.7. The van der Waals surface area contributed by atoms with Crippen LogP contribution in [0.3, 0.4) is 0 Å². The van der Waals surface area contributed by atoms with Crippen LogP contribution in [0.1, 0.15) is 23.7 Å². The summed E-state index contributed by atoms with van der Waals surface area (Å²) in [7, 11) is 0. The molecule has 0 bridgehead atoms. The van der Waals surface area contributed by atoms with E-state index in [0.717, 1.165) is 24.7 Å². The van der Waals surface area contributed by atoms with Crippen molar-refractivity contribution in [3.05, 3.63) is 83.2 Å². The lowest BCUT2D eigenvalue weighted by Crippen LogP contribution is -2.23. The number of imidazole rings is 1. The van der Waals surface area contributed by atoms with Crippen LogP contribution in [0, 0.1) is 17.1 Å². The topological polar surface area (TPSA) is 62.9 Å². The van der Waals surface area contributed by atoms with Crippen molar-refractivity contribution in [1.29, 1.82) is 5.26 Å². The molecule has 0 unspecified atom stereocenters. The van der Waals surface area contributed by atoms with Crippen molar-refractivity contribution in [1.82, 2.24) is 14.9 Å². The average molecular weight is 472 g/mol. The molecule has 1 atom stereocenters. The van der Waals surface area contributed by atoms with E-state index in [1.165, 1.54) is 6.07 Å². The van der Waals surface area contributed by atoms with Crippen molar-refractivity contribution in [2.24, 2.45) is 0 Å². The lowest BCUT2D eigenvalue weighted by molar-refractivity contribution is 0.193. The van der Waals surface area contributed by atoms with Gasteiger partial charge in [0.2, 0.25) is 0 Å². The van der Waals surface area contributed by atoms with Crippen molar-refractivity contribution >= 4 is 36.4 Å². The highest BCUT2D eigenvalue weighted by molar-refractivity contribution is 6.30. The molecule has 3 aromatic rings. The highest BCUT2D eigenvalue weighted by atomic mass is 35.5. The fourth-order valence-electron chi connectivity index (χ4n) is 2.81. The normalized spacial score (nSPS) is 11.0. The van der Waals surface area contributed by atoms with E-state index in [0.29, 0.717) is 13.0 Å². The van der Waals surface area contributed by atoms with E-state index >= 15 is 0 Å². The molecule has 3 rings (SSSR count). The van der Waals surface area contributed by atoms with Crippen molar-refractivity contribution in [3.8, 4) is 11.8 Å². The molecule has 0 saturated carbocycles. The number of hydrogen-bond acceptors (Lipinski definition) is 4. The zero-order chi connectivity index (χ0) is 19.8. The Labute approximate surface area is 192 Å². The molecular weight excluding hydrogens is 450 g/mol. The van der Waals surface area contributed by atoms with Crippen molar-refractivity contribution in [3.63, 3.8) is 0 Å². The predicted octanol–water partition coefficient (Wildman–Crippen LogP) is 5.19. The van der Waals surface area contributed by atoms with Crippen LogP contribution in [-0.4, -0.2) is 22.6 Å². The summed E-state index contributed by atoms with van der Waals surface area (Å²) >= 11 is 5.88. The average Bonchev–Trinajstić information content (AvgIpc) is 3.23. The summed E-state index contributed by atoms with van der Waals surface area (Å²) in [6.45, 7) is 2.33. The highest BCUT2D eigenvalue weighted by Gasteiger charge is 2.17. The number of hydrogen-bond donors (Lipinski definition) is 1. The van der Waals surface area contributed by atoms with Crippen LogP contribution in [0.4, 0.5) is 4.39 Å². The summed E-state index contributed by atoms with van der Waals surface area (Å²) in [5.41, 5.74) is 1.10. The van der Waals surface area contributed by atoms with Gasteiger partial charge in [0.05, 0.1) is 16.9 Å². The van der Waals surface area contributed by atoms with Gasteiger partial charge in [0, 0.05) is 38.0 Å². The Morgan fingerprint density at radius 1 is 1.20 bits per heavy atom. The van der Waals surface area contributed by atoms with E-state index < -0.39 is 5.82 Å². The molecule has 30 heavy (non-hydrogen) atoms. The van der Waals surface area contributed by atoms with Crippen LogP contribution in [0.25, 0.3) is 0 Å². The Balaban J connectivity index is 0.00000225. The molecule has 2 aromatic carbocycles. The SMILES string of the molecule is Cl.Cl.N#Cc1cc(F)c(Cl)cc1O[C@H](CCNCCn1ccnc1)c1ccccc1. The van der Waals surface area contributed by atoms with Gasteiger partial charge in [-0.15, -0.1) is 24.8 Å². The molecule has 0 aliphatic rings. The van der Waals surface area contributed by atoms with E-state index in [2.05, 4.69) is 10.3 Å². The van der Waals surface area contributed by atoms with Gasteiger partial charge in [0.25, 0.3) is 0 Å². The molecule has 1 N–H and O–H groups in total. The van der Waals surface area contributed by atoms with Crippen LogP contribution in [0.2, 0.25) is 5.02 Å². The minimum absolute atomic E-state index is 0. The van der Waals surface area contributed by atoms with Gasteiger partial charge in [-0.25, -0.2) is 9.37 Å². The fourth-order valence-corrected chi connectivity index (χ4v) is 2.97. The molecule has 0 aliphatic heterocycles. The first kappa shape index (κ1) is 25.7. The van der Waals surface area contributed by atoms with E-state index in [9.17, 15) is 9.65 Å². The molecule has 0 amide bonds. The van der Waals surface area contributed by atoms with E-state index in [-0.39, 0.29) is 47.3 Å². The third-order valence-electron chi connectivity index (χ3n) is 4.27. The summed E-state index contributed by atoms with van der Waals surface area (Å²) in [6.07, 6.45) is 5.82. The third-order valence-corrected chi connectivity index (χ3v) is 4.56. The number of nitriles is 1. The molecule has 1 aromatic heterocycles. The lowest BCUT2D eigenvalue weighted by atomic mass is 10.1. The van der Waals surface area contributed by atoms with Crippen LogP contribution < -0.4 is 10.1 Å². The van der Waals surface area contributed by atoms with Crippen LogP contribution >= 0.6 is 36.4 Å². The van der Waals surface area contributed by atoms with Gasteiger partial charge >= 0.3 is 0 Å². The summed E-state index contributed by atoms with van der Waals surface area (Å²) in [5.74, 6) is -0.357. The Kier molecular flexibility index (Phi) is 11.2. The molecule has 1 heterocycles. The maximum absolute atomic E-state index is 13.7.